The van der Waals surface area contributed by atoms with E-state index in [0.717, 1.165) is 18.5 Å². The minimum atomic E-state index is -0.227. The third-order valence-corrected chi connectivity index (χ3v) is 3.63. The van der Waals surface area contributed by atoms with Gasteiger partial charge in [-0.3, -0.25) is 4.98 Å². The van der Waals surface area contributed by atoms with Gasteiger partial charge in [0, 0.05) is 18.4 Å². The number of hydrogen-bond donors (Lipinski definition) is 1. The van der Waals surface area contributed by atoms with Crippen LogP contribution in [0.4, 0.5) is 4.39 Å². The second kappa shape index (κ2) is 6.78. The van der Waals surface area contributed by atoms with E-state index in [1.54, 1.807) is 24.5 Å². The van der Waals surface area contributed by atoms with Crippen LogP contribution in [0.25, 0.3) is 0 Å². The summed E-state index contributed by atoms with van der Waals surface area (Å²) in [5.74, 6) is -0.227. The summed E-state index contributed by atoms with van der Waals surface area (Å²) in [7, 11) is 0. The van der Waals surface area contributed by atoms with Crippen molar-refractivity contribution in [2.45, 2.75) is 19.4 Å². The fourth-order valence-corrected chi connectivity index (χ4v) is 2.28. The molecular formula is C15H16BrFN2. The van der Waals surface area contributed by atoms with Crippen molar-refractivity contribution in [2.24, 2.45) is 0 Å². The van der Waals surface area contributed by atoms with Crippen molar-refractivity contribution in [3.05, 3.63) is 64.1 Å². The lowest BCUT2D eigenvalue weighted by atomic mass is 9.99. The Kier molecular flexibility index (Phi) is 5.05. The first-order valence-corrected chi connectivity index (χ1v) is 7.07. The highest BCUT2D eigenvalue weighted by Crippen LogP contribution is 2.23. The number of pyridine rings is 1. The summed E-state index contributed by atoms with van der Waals surface area (Å²) in [5.41, 5.74) is 2.14. The Morgan fingerprint density at radius 2 is 2.00 bits per heavy atom. The molecule has 0 saturated carbocycles. The summed E-state index contributed by atoms with van der Waals surface area (Å²) in [6.07, 6.45) is 4.37. The van der Waals surface area contributed by atoms with Crippen molar-refractivity contribution in [1.82, 2.24) is 10.3 Å². The number of hydrogen-bond acceptors (Lipinski definition) is 2. The van der Waals surface area contributed by atoms with Gasteiger partial charge < -0.3 is 5.32 Å². The van der Waals surface area contributed by atoms with Crippen molar-refractivity contribution in [3.8, 4) is 0 Å². The van der Waals surface area contributed by atoms with Gasteiger partial charge in [-0.05, 0) is 64.3 Å². The smallest absolute Gasteiger partial charge is 0.137 e. The van der Waals surface area contributed by atoms with Crippen LogP contribution in [-0.2, 0) is 6.42 Å². The van der Waals surface area contributed by atoms with Crippen LogP contribution in [-0.4, -0.2) is 11.5 Å². The molecule has 1 aromatic carbocycles. The number of aromatic nitrogens is 1. The maximum Gasteiger partial charge on any atom is 0.137 e. The second-order valence-corrected chi connectivity index (χ2v) is 5.20. The monoisotopic (exact) mass is 322 g/mol. The summed E-state index contributed by atoms with van der Waals surface area (Å²) in [4.78, 5) is 4.01. The number of benzene rings is 1. The zero-order chi connectivity index (χ0) is 13.7. The fourth-order valence-electron chi connectivity index (χ4n) is 2.04. The second-order valence-electron chi connectivity index (χ2n) is 4.34. The normalized spacial score (nSPS) is 12.4. The SMILES string of the molecule is CCNC(Cc1ccncc1)c1ccc(Br)c(F)c1. The molecular weight excluding hydrogens is 307 g/mol. The molecule has 0 aliphatic rings. The van der Waals surface area contributed by atoms with Crippen molar-refractivity contribution < 1.29 is 4.39 Å². The van der Waals surface area contributed by atoms with E-state index in [2.05, 4.69) is 33.2 Å². The first-order chi connectivity index (χ1) is 9.20. The van der Waals surface area contributed by atoms with Crippen LogP contribution >= 0.6 is 15.9 Å². The van der Waals surface area contributed by atoms with E-state index in [1.165, 1.54) is 5.56 Å². The van der Waals surface area contributed by atoms with Gasteiger partial charge in [0.15, 0.2) is 0 Å². The Morgan fingerprint density at radius 1 is 1.26 bits per heavy atom. The molecule has 0 aliphatic carbocycles. The predicted octanol–water partition coefficient (Wildman–Crippen LogP) is 3.88. The zero-order valence-corrected chi connectivity index (χ0v) is 12.3. The lowest BCUT2D eigenvalue weighted by Gasteiger charge is -2.18. The van der Waals surface area contributed by atoms with Crippen molar-refractivity contribution in [1.29, 1.82) is 0 Å². The summed E-state index contributed by atoms with van der Waals surface area (Å²) in [6.45, 7) is 2.89. The Balaban J connectivity index is 2.21. The minimum Gasteiger partial charge on any atom is -0.310 e. The molecule has 4 heteroatoms. The zero-order valence-electron chi connectivity index (χ0n) is 10.7. The maximum atomic E-state index is 13.6. The molecule has 2 nitrogen and oxygen atoms in total. The first-order valence-electron chi connectivity index (χ1n) is 6.28. The molecule has 2 rings (SSSR count). The number of halogens is 2. The summed E-state index contributed by atoms with van der Waals surface area (Å²) >= 11 is 3.18. The van der Waals surface area contributed by atoms with Gasteiger partial charge >= 0.3 is 0 Å². The predicted molar refractivity (Wildman–Crippen MR) is 78.5 cm³/mol. The summed E-state index contributed by atoms with van der Waals surface area (Å²) in [6, 6.07) is 9.36. The van der Waals surface area contributed by atoms with Crippen LogP contribution in [0, 0.1) is 5.82 Å². The lowest BCUT2D eigenvalue weighted by molar-refractivity contribution is 0.541. The molecule has 0 fully saturated rings. The Labute approximate surface area is 121 Å². The van der Waals surface area contributed by atoms with Crippen LogP contribution < -0.4 is 5.32 Å². The highest BCUT2D eigenvalue weighted by molar-refractivity contribution is 9.10. The largest absolute Gasteiger partial charge is 0.310 e. The number of nitrogens with one attached hydrogen (secondary N) is 1. The minimum absolute atomic E-state index is 0.106. The molecule has 2 aromatic rings. The number of likely N-dealkylation sites (N-methyl/N-ethyl adjacent to an activating group) is 1. The van der Waals surface area contributed by atoms with Crippen molar-refractivity contribution in [2.75, 3.05) is 6.54 Å². The molecule has 0 aliphatic heterocycles. The van der Waals surface area contributed by atoms with Crippen LogP contribution in [0.15, 0.2) is 47.2 Å². The van der Waals surface area contributed by atoms with Gasteiger partial charge in [0.25, 0.3) is 0 Å². The van der Waals surface area contributed by atoms with Crippen LogP contribution in [0.5, 0.6) is 0 Å². The van der Waals surface area contributed by atoms with E-state index in [1.807, 2.05) is 18.2 Å². The van der Waals surface area contributed by atoms with E-state index in [0.29, 0.717) is 4.47 Å². The molecule has 0 saturated heterocycles. The molecule has 1 unspecified atom stereocenters. The molecule has 0 amide bonds. The van der Waals surface area contributed by atoms with Gasteiger partial charge in [-0.15, -0.1) is 0 Å². The molecule has 0 radical (unpaired) electrons. The van der Waals surface area contributed by atoms with Gasteiger partial charge in [0.05, 0.1) is 4.47 Å². The van der Waals surface area contributed by atoms with Gasteiger partial charge in [0.1, 0.15) is 5.82 Å². The van der Waals surface area contributed by atoms with E-state index in [4.69, 9.17) is 0 Å². The number of nitrogens with zero attached hydrogens (tertiary/aromatic N) is 1. The molecule has 100 valence electrons. The van der Waals surface area contributed by atoms with Crippen LogP contribution in [0.1, 0.15) is 24.1 Å². The van der Waals surface area contributed by atoms with Crippen LogP contribution in [0.2, 0.25) is 0 Å². The van der Waals surface area contributed by atoms with Gasteiger partial charge in [-0.2, -0.15) is 0 Å². The number of rotatable bonds is 5. The topological polar surface area (TPSA) is 24.9 Å². The first kappa shape index (κ1) is 14.2. The highest BCUT2D eigenvalue weighted by Gasteiger charge is 2.13. The van der Waals surface area contributed by atoms with E-state index in [9.17, 15) is 4.39 Å². The standard InChI is InChI=1S/C15H16BrFN2/c1-2-19-15(9-11-5-7-18-8-6-11)12-3-4-13(16)14(17)10-12/h3-8,10,15,19H,2,9H2,1H3. The van der Waals surface area contributed by atoms with Crippen LogP contribution in [0.3, 0.4) is 0 Å². The Morgan fingerprint density at radius 3 is 2.63 bits per heavy atom. The third kappa shape index (κ3) is 3.85. The van der Waals surface area contributed by atoms with Crippen molar-refractivity contribution >= 4 is 15.9 Å². The van der Waals surface area contributed by atoms with E-state index < -0.39 is 0 Å². The Bertz CT molecular complexity index is 531. The molecule has 0 bridgehead atoms. The molecule has 1 N–H and O–H groups in total. The molecule has 1 aromatic heterocycles. The molecule has 0 spiro atoms. The highest BCUT2D eigenvalue weighted by atomic mass is 79.9. The summed E-state index contributed by atoms with van der Waals surface area (Å²) in [5, 5.41) is 3.39. The molecule has 19 heavy (non-hydrogen) atoms. The summed E-state index contributed by atoms with van der Waals surface area (Å²) < 4.78 is 14.1. The van der Waals surface area contributed by atoms with Crippen molar-refractivity contribution in [3.63, 3.8) is 0 Å². The van der Waals surface area contributed by atoms with Gasteiger partial charge in [-0.25, -0.2) is 4.39 Å². The average molecular weight is 323 g/mol. The van der Waals surface area contributed by atoms with Gasteiger partial charge in [-0.1, -0.05) is 13.0 Å². The van der Waals surface area contributed by atoms with Gasteiger partial charge in [0.2, 0.25) is 0 Å². The average Bonchev–Trinajstić information content (AvgIpc) is 2.43. The molecule has 1 atom stereocenters. The lowest BCUT2D eigenvalue weighted by Crippen LogP contribution is -2.23. The third-order valence-electron chi connectivity index (χ3n) is 2.99. The fraction of sp³-hybridized carbons (Fsp3) is 0.267. The maximum absolute atomic E-state index is 13.6. The van der Waals surface area contributed by atoms with E-state index >= 15 is 0 Å². The Hall–Kier alpha value is -1.26. The molecule has 1 heterocycles. The quantitative estimate of drug-likeness (QED) is 0.903. The van der Waals surface area contributed by atoms with E-state index in [-0.39, 0.29) is 11.9 Å².